The summed E-state index contributed by atoms with van der Waals surface area (Å²) in [5.41, 5.74) is 1.19. The third kappa shape index (κ3) is 4.45. The predicted molar refractivity (Wildman–Crippen MR) is 106 cm³/mol. The lowest BCUT2D eigenvalue weighted by Crippen LogP contribution is -2.22. The molecule has 2 aromatic rings. The molecule has 150 valence electrons. The van der Waals surface area contributed by atoms with Crippen molar-refractivity contribution in [2.45, 2.75) is 24.3 Å². The van der Waals surface area contributed by atoms with Crippen LogP contribution in [0.1, 0.15) is 28.8 Å². The standard InChI is InChI=1S/C20H24N2O5S/c1-26-16-8-10-17(11-9-16)28(24,25)21-19-15(14-22-12-3-4-13-22)6-5-7-18(19)20(23)27-2/h5-11,21H,3-4,12-14H2,1-2H3. The number of sulfonamides is 1. The molecule has 1 aliphatic rings. The van der Waals surface area contributed by atoms with E-state index in [-0.39, 0.29) is 16.1 Å². The molecule has 0 radical (unpaired) electrons. The highest BCUT2D eigenvalue weighted by molar-refractivity contribution is 7.92. The Balaban J connectivity index is 1.98. The van der Waals surface area contributed by atoms with Crippen LogP contribution in [0.25, 0.3) is 0 Å². The molecule has 0 unspecified atom stereocenters. The molecule has 28 heavy (non-hydrogen) atoms. The highest BCUT2D eigenvalue weighted by Crippen LogP contribution is 2.28. The Morgan fingerprint density at radius 2 is 1.75 bits per heavy atom. The number of nitrogens with one attached hydrogen (secondary N) is 1. The van der Waals surface area contributed by atoms with Crippen LogP contribution in [0.2, 0.25) is 0 Å². The van der Waals surface area contributed by atoms with Crippen molar-refractivity contribution in [3.05, 3.63) is 53.6 Å². The van der Waals surface area contributed by atoms with E-state index >= 15 is 0 Å². The van der Waals surface area contributed by atoms with Crippen molar-refractivity contribution in [3.63, 3.8) is 0 Å². The SMILES string of the molecule is COC(=O)c1cccc(CN2CCCC2)c1NS(=O)(=O)c1ccc(OC)cc1. The molecule has 1 fully saturated rings. The number of anilines is 1. The molecule has 0 aliphatic carbocycles. The molecule has 1 heterocycles. The van der Waals surface area contributed by atoms with E-state index in [0.717, 1.165) is 31.5 Å². The Labute approximate surface area is 165 Å². The van der Waals surface area contributed by atoms with Gasteiger partial charge in [0.05, 0.1) is 30.4 Å². The minimum Gasteiger partial charge on any atom is -0.497 e. The molecule has 8 heteroatoms. The van der Waals surface area contributed by atoms with Crippen LogP contribution in [0.15, 0.2) is 47.4 Å². The van der Waals surface area contributed by atoms with Crippen molar-refractivity contribution in [2.75, 3.05) is 32.0 Å². The molecule has 0 amide bonds. The normalized spacial score (nSPS) is 14.6. The van der Waals surface area contributed by atoms with Crippen LogP contribution in [-0.2, 0) is 21.3 Å². The maximum atomic E-state index is 12.9. The molecule has 1 saturated heterocycles. The monoisotopic (exact) mass is 404 g/mol. The van der Waals surface area contributed by atoms with Crippen LogP contribution in [-0.4, -0.2) is 46.6 Å². The highest BCUT2D eigenvalue weighted by atomic mass is 32.2. The van der Waals surface area contributed by atoms with Crippen molar-refractivity contribution in [1.82, 2.24) is 4.90 Å². The first-order valence-electron chi connectivity index (χ1n) is 9.04. The van der Waals surface area contributed by atoms with Gasteiger partial charge in [-0.2, -0.15) is 0 Å². The van der Waals surface area contributed by atoms with Crippen LogP contribution < -0.4 is 9.46 Å². The summed E-state index contributed by atoms with van der Waals surface area (Å²) < 4.78 is 38.4. The molecular formula is C20H24N2O5S. The summed E-state index contributed by atoms with van der Waals surface area (Å²) in [6.45, 7) is 2.46. The fourth-order valence-electron chi connectivity index (χ4n) is 3.26. The second-order valence-corrected chi connectivity index (χ2v) is 8.28. The molecule has 3 rings (SSSR count). The molecule has 1 aliphatic heterocycles. The smallest absolute Gasteiger partial charge is 0.340 e. The van der Waals surface area contributed by atoms with Gasteiger partial charge in [0.2, 0.25) is 0 Å². The summed E-state index contributed by atoms with van der Waals surface area (Å²) in [6, 6.07) is 11.2. The summed E-state index contributed by atoms with van der Waals surface area (Å²) in [5, 5.41) is 0. The Bertz CT molecular complexity index is 936. The average molecular weight is 404 g/mol. The maximum Gasteiger partial charge on any atom is 0.340 e. The van der Waals surface area contributed by atoms with E-state index in [1.807, 2.05) is 6.07 Å². The summed E-state index contributed by atoms with van der Waals surface area (Å²) >= 11 is 0. The Kier molecular flexibility index (Phi) is 6.21. The number of para-hydroxylation sites is 1. The number of nitrogens with zero attached hydrogens (tertiary/aromatic N) is 1. The topological polar surface area (TPSA) is 84.9 Å². The minimum atomic E-state index is -3.89. The Hall–Kier alpha value is -2.58. The van der Waals surface area contributed by atoms with E-state index in [9.17, 15) is 13.2 Å². The van der Waals surface area contributed by atoms with Crippen molar-refractivity contribution >= 4 is 21.7 Å². The number of carbonyl (C=O) groups excluding carboxylic acids is 1. The first-order chi connectivity index (χ1) is 13.4. The number of ether oxygens (including phenoxy) is 2. The average Bonchev–Trinajstić information content (AvgIpc) is 3.21. The quantitative estimate of drug-likeness (QED) is 0.715. The van der Waals surface area contributed by atoms with E-state index in [4.69, 9.17) is 9.47 Å². The summed E-state index contributed by atoms with van der Waals surface area (Å²) in [7, 11) is -1.10. The first kappa shape index (κ1) is 20.2. The molecular weight excluding hydrogens is 380 g/mol. The van der Waals surface area contributed by atoms with Gasteiger partial charge >= 0.3 is 5.97 Å². The van der Waals surface area contributed by atoms with Gasteiger partial charge in [-0.25, -0.2) is 13.2 Å². The zero-order valence-corrected chi connectivity index (χ0v) is 16.8. The third-order valence-electron chi connectivity index (χ3n) is 4.75. The lowest BCUT2D eigenvalue weighted by atomic mass is 10.1. The summed E-state index contributed by atoms with van der Waals surface area (Å²) in [5.74, 6) is -0.0284. The Morgan fingerprint density at radius 3 is 2.36 bits per heavy atom. The van der Waals surface area contributed by atoms with E-state index in [1.165, 1.54) is 26.4 Å². The number of benzene rings is 2. The summed E-state index contributed by atoms with van der Waals surface area (Å²) in [6.07, 6.45) is 2.23. The van der Waals surface area contributed by atoms with Crippen LogP contribution in [0.3, 0.4) is 0 Å². The second-order valence-electron chi connectivity index (χ2n) is 6.60. The van der Waals surface area contributed by atoms with Crippen molar-refractivity contribution in [3.8, 4) is 5.75 Å². The molecule has 0 saturated carbocycles. The third-order valence-corrected chi connectivity index (χ3v) is 6.12. The van der Waals surface area contributed by atoms with E-state index in [1.54, 1.807) is 24.3 Å². The van der Waals surface area contributed by atoms with Gasteiger partial charge in [-0.05, 0) is 61.8 Å². The number of hydrogen-bond donors (Lipinski definition) is 1. The molecule has 0 bridgehead atoms. The van der Waals surface area contributed by atoms with Crippen molar-refractivity contribution in [1.29, 1.82) is 0 Å². The van der Waals surface area contributed by atoms with Gasteiger partial charge in [0.1, 0.15) is 5.75 Å². The summed E-state index contributed by atoms with van der Waals surface area (Å²) in [4.78, 5) is 14.6. The highest BCUT2D eigenvalue weighted by Gasteiger charge is 2.23. The largest absolute Gasteiger partial charge is 0.497 e. The molecule has 0 spiro atoms. The van der Waals surface area contributed by atoms with Gasteiger partial charge in [-0.15, -0.1) is 0 Å². The molecule has 0 aromatic heterocycles. The van der Waals surface area contributed by atoms with E-state index < -0.39 is 16.0 Å². The number of methoxy groups -OCH3 is 2. The molecule has 0 atom stereocenters. The van der Waals surface area contributed by atoms with Crippen molar-refractivity contribution in [2.24, 2.45) is 0 Å². The zero-order valence-electron chi connectivity index (χ0n) is 16.0. The van der Waals surface area contributed by atoms with Crippen LogP contribution in [0.5, 0.6) is 5.75 Å². The number of esters is 1. The second kappa shape index (κ2) is 8.62. The van der Waals surface area contributed by atoms with E-state index in [2.05, 4.69) is 9.62 Å². The fraction of sp³-hybridized carbons (Fsp3) is 0.350. The number of carbonyl (C=O) groups is 1. The van der Waals surface area contributed by atoms with E-state index in [0.29, 0.717) is 12.3 Å². The maximum absolute atomic E-state index is 12.9. The molecule has 2 aromatic carbocycles. The van der Waals surface area contributed by atoms with Crippen LogP contribution >= 0.6 is 0 Å². The van der Waals surface area contributed by atoms with Gasteiger partial charge in [-0.1, -0.05) is 12.1 Å². The zero-order chi connectivity index (χ0) is 20.1. The first-order valence-corrected chi connectivity index (χ1v) is 10.5. The van der Waals surface area contributed by atoms with Crippen LogP contribution in [0, 0.1) is 0 Å². The van der Waals surface area contributed by atoms with Gasteiger partial charge in [-0.3, -0.25) is 9.62 Å². The number of likely N-dealkylation sites (tertiary alicyclic amines) is 1. The number of hydrogen-bond acceptors (Lipinski definition) is 6. The lowest BCUT2D eigenvalue weighted by molar-refractivity contribution is 0.0602. The molecule has 7 nitrogen and oxygen atoms in total. The number of rotatable bonds is 7. The van der Waals surface area contributed by atoms with Gasteiger partial charge in [0.15, 0.2) is 0 Å². The fourth-order valence-corrected chi connectivity index (χ4v) is 4.38. The van der Waals surface area contributed by atoms with Gasteiger partial charge in [0, 0.05) is 6.54 Å². The van der Waals surface area contributed by atoms with Crippen LogP contribution in [0.4, 0.5) is 5.69 Å². The lowest BCUT2D eigenvalue weighted by Gasteiger charge is -2.20. The van der Waals surface area contributed by atoms with Crippen molar-refractivity contribution < 1.29 is 22.7 Å². The van der Waals surface area contributed by atoms with Gasteiger partial charge in [0.25, 0.3) is 10.0 Å². The molecule has 1 N–H and O–H groups in total. The predicted octanol–water partition coefficient (Wildman–Crippen LogP) is 2.88. The minimum absolute atomic E-state index is 0.0834. The van der Waals surface area contributed by atoms with Gasteiger partial charge < -0.3 is 9.47 Å². The Morgan fingerprint density at radius 1 is 1.07 bits per heavy atom.